The first kappa shape index (κ1) is 22.3. The minimum absolute atomic E-state index is 0.0351. The molecule has 1 aliphatic rings. The lowest BCUT2D eigenvalue weighted by Gasteiger charge is -2.22. The molecule has 6 nitrogen and oxygen atoms in total. The van der Waals surface area contributed by atoms with E-state index in [1.165, 1.54) is 17.0 Å². The van der Waals surface area contributed by atoms with Gasteiger partial charge in [-0.1, -0.05) is 20.8 Å². The number of hydrazine groups is 1. The maximum atomic E-state index is 13.2. The Bertz CT molecular complexity index is 1040. The molecular formula is C24H27FN4O2. The zero-order chi connectivity index (χ0) is 22.8. The van der Waals surface area contributed by atoms with Gasteiger partial charge in [0, 0.05) is 18.9 Å². The van der Waals surface area contributed by atoms with Gasteiger partial charge in [0.1, 0.15) is 17.6 Å². The molecule has 1 aliphatic heterocycles. The second kappa shape index (κ2) is 8.78. The molecule has 0 radical (unpaired) electrons. The molecule has 31 heavy (non-hydrogen) atoms. The van der Waals surface area contributed by atoms with Crippen molar-refractivity contribution >= 4 is 17.3 Å². The van der Waals surface area contributed by atoms with Crippen LogP contribution in [0.2, 0.25) is 0 Å². The van der Waals surface area contributed by atoms with Crippen molar-refractivity contribution in [2.75, 3.05) is 23.6 Å². The quantitative estimate of drug-likeness (QED) is 0.774. The molecule has 2 aromatic rings. The summed E-state index contributed by atoms with van der Waals surface area (Å²) in [6.45, 7) is 8.52. The van der Waals surface area contributed by atoms with Gasteiger partial charge in [-0.25, -0.2) is 9.82 Å². The number of hydrogen-bond acceptors (Lipinski definition) is 5. The van der Waals surface area contributed by atoms with Gasteiger partial charge in [0.25, 0.3) is 5.91 Å². The monoisotopic (exact) mass is 422 g/mol. The maximum absolute atomic E-state index is 13.2. The first-order chi connectivity index (χ1) is 14.6. The van der Waals surface area contributed by atoms with Crippen LogP contribution in [0.25, 0.3) is 0 Å². The van der Waals surface area contributed by atoms with Crippen molar-refractivity contribution < 1.29 is 13.9 Å². The molecule has 162 valence electrons. The highest BCUT2D eigenvalue weighted by Gasteiger charge is 2.29. The van der Waals surface area contributed by atoms with E-state index in [1.54, 1.807) is 48.6 Å². The molecule has 1 amide bonds. The van der Waals surface area contributed by atoms with E-state index in [0.717, 1.165) is 5.69 Å². The van der Waals surface area contributed by atoms with Crippen molar-refractivity contribution in [2.24, 2.45) is 5.41 Å². The third-order valence-electron chi connectivity index (χ3n) is 4.86. The van der Waals surface area contributed by atoms with Crippen molar-refractivity contribution in [1.82, 2.24) is 5.43 Å². The number of ether oxygens (including phenoxy) is 1. The number of carbonyl (C=O) groups is 1. The van der Waals surface area contributed by atoms with Crippen LogP contribution in [-0.4, -0.2) is 25.6 Å². The second-order valence-electron chi connectivity index (χ2n) is 8.79. The number of amides is 1. The highest BCUT2D eigenvalue weighted by molar-refractivity contribution is 6.06. The highest BCUT2D eigenvalue weighted by atomic mass is 19.1. The van der Waals surface area contributed by atoms with Gasteiger partial charge >= 0.3 is 0 Å². The van der Waals surface area contributed by atoms with Gasteiger partial charge in [-0.05, 0) is 54.8 Å². The van der Waals surface area contributed by atoms with Crippen LogP contribution in [0.15, 0.2) is 54.2 Å². The zero-order valence-corrected chi connectivity index (χ0v) is 18.4. The molecular weight excluding hydrogens is 395 g/mol. The lowest BCUT2D eigenvalue weighted by molar-refractivity contribution is -0.115. The van der Waals surface area contributed by atoms with E-state index in [4.69, 9.17) is 4.74 Å². The number of hydrogen-bond donors (Lipinski definition) is 1. The molecule has 0 bridgehead atoms. The predicted octanol–water partition coefficient (Wildman–Crippen LogP) is 4.38. The Kier molecular flexibility index (Phi) is 6.32. The Morgan fingerprint density at radius 3 is 2.55 bits per heavy atom. The summed E-state index contributed by atoms with van der Waals surface area (Å²) in [5, 5.41) is 11.2. The molecule has 0 fully saturated rings. The number of halogens is 1. The summed E-state index contributed by atoms with van der Waals surface area (Å²) in [4.78, 5) is 14.7. The molecule has 1 unspecified atom stereocenters. The molecule has 1 N–H and O–H groups in total. The van der Waals surface area contributed by atoms with Gasteiger partial charge in [0.2, 0.25) is 0 Å². The third kappa shape index (κ3) is 5.22. The van der Waals surface area contributed by atoms with Gasteiger partial charge in [0.05, 0.1) is 29.5 Å². The first-order valence-electron chi connectivity index (χ1n) is 10.1. The number of likely N-dealkylation sites (N-methyl/N-ethyl adjacent to an activating group) is 1. The van der Waals surface area contributed by atoms with E-state index in [-0.39, 0.29) is 23.2 Å². The number of nitriles is 1. The van der Waals surface area contributed by atoms with Crippen LogP contribution in [0.1, 0.15) is 33.3 Å². The molecule has 1 heterocycles. The molecule has 0 aromatic heterocycles. The lowest BCUT2D eigenvalue weighted by Crippen LogP contribution is -2.37. The van der Waals surface area contributed by atoms with Gasteiger partial charge < -0.3 is 9.64 Å². The SMILES string of the molecule is CC1NN(c2ccc(F)cc2)C=C1C(=O)N(C)c1ccc(OCC(C)(C)C)c(C#N)c1. The molecule has 0 saturated carbocycles. The molecule has 1 atom stereocenters. The van der Waals surface area contributed by atoms with E-state index in [9.17, 15) is 14.4 Å². The van der Waals surface area contributed by atoms with Crippen LogP contribution in [0, 0.1) is 22.6 Å². The fourth-order valence-corrected chi connectivity index (χ4v) is 3.10. The topological polar surface area (TPSA) is 68.6 Å². The summed E-state index contributed by atoms with van der Waals surface area (Å²) in [7, 11) is 1.67. The highest BCUT2D eigenvalue weighted by Crippen LogP contribution is 2.28. The Balaban J connectivity index is 1.79. The second-order valence-corrected chi connectivity index (χ2v) is 8.79. The van der Waals surface area contributed by atoms with E-state index >= 15 is 0 Å². The zero-order valence-electron chi connectivity index (χ0n) is 18.4. The average Bonchev–Trinajstić information content (AvgIpc) is 3.12. The maximum Gasteiger partial charge on any atom is 0.257 e. The molecule has 0 spiro atoms. The van der Waals surface area contributed by atoms with Crippen LogP contribution in [0.4, 0.5) is 15.8 Å². The van der Waals surface area contributed by atoms with Crippen molar-refractivity contribution in [1.29, 1.82) is 5.26 Å². The van der Waals surface area contributed by atoms with Gasteiger partial charge in [0.15, 0.2) is 0 Å². The van der Waals surface area contributed by atoms with Crippen molar-refractivity contribution in [3.8, 4) is 11.8 Å². The fourth-order valence-electron chi connectivity index (χ4n) is 3.10. The summed E-state index contributed by atoms with van der Waals surface area (Å²) >= 11 is 0. The number of benzene rings is 2. The minimum Gasteiger partial charge on any atom is -0.492 e. The minimum atomic E-state index is -0.320. The largest absolute Gasteiger partial charge is 0.492 e. The normalized spacial score (nSPS) is 16.0. The Morgan fingerprint density at radius 1 is 1.26 bits per heavy atom. The Labute approximate surface area is 182 Å². The third-order valence-corrected chi connectivity index (χ3v) is 4.86. The average molecular weight is 423 g/mol. The summed E-state index contributed by atoms with van der Waals surface area (Å²) in [5.41, 5.74) is 5.41. The summed E-state index contributed by atoms with van der Waals surface area (Å²) in [5.74, 6) is -0.0179. The van der Waals surface area contributed by atoms with Crippen molar-refractivity contribution in [3.63, 3.8) is 0 Å². The van der Waals surface area contributed by atoms with Crippen molar-refractivity contribution in [3.05, 3.63) is 65.6 Å². The summed E-state index contributed by atoms with van der Waals surface area (Å²) in [6, 6.07) is 13.1. The number of carbonyl (C=O) groups excluding carboxylic acids is 1. The number of anilines is 2. The van der Waals surface area contributed by atoms with E-state index in [2.05, 4.69) is 32.3 Å². The van der Waals surface area contributed by atoms with Gasteiger partial charge in [-0.3, -0.25) is 9.80 Å². The number of nitrogens with zero attached hydrogens (tertiary/aromatic N) is 3. The fraction of sp³-hybridized carbons (Fsp3) is 0.333. The summed E-state index contributed by atoms with van der Waals surface area (Å²) < 4.78 is 19.0. The number of nitrogens with one attached hydrogen (secondary N) is 1. The lowest BCUT2D eigenvalue weighted by atomic mass is 9.98. The molecule has 7 heteroatoms. The van der Waals surface area contributed by atoms with E-state index < -0.39 is 0 Å². The molecule has 0 aliphatic carbocycles. The van der Waals surface area contributed by atoms with Crippen LogP contribution in [-0.2, 0) is 4.79 Å². The Hall–Kier alpha value is -3.37. The molecule has 0 saturated heterocycles. The molecule has 2 aromatic carbocycles. The van der Waals surface area contributed by atoms with E-state index in [1.807, 2.05) is 6.92 Å². The van der Waals surface area contributed by atoms with E-state index in [0.29, 0.717) is 29.2 Å². The van der Waals surface area contributed by atoms with Crippen LogP contribution in [0.5, 0.6) is 5.75 Å². The Morgan fingerprint density at radius 2 is 1.94 bits per heavy atom. The van der Waals surface area contributed by atoms with Crippen LogP contribution < -0.4 is 20.1 Å². The standard InChI is InChI=1S/C24H27FN4O2/c1-16-21(14-29(27-16)19-8-6-18(25)7-9-19)23(30)28(5)20-10-11-22(17(12-20)13-26)31-15-24(2,3)4/h6-12,14,16,27H,15H2,1-5H3. The first-order valence-corrected chi connectivity index (χ1v) is 10.1. The van der Waals surface area contributed by atoms with Crippen LogP contribution >= 0.6 is 0 Å². The molecule has 3 rings (SSSR count). The van der Waals surface area contributed by atoms with Crippen molar-refractivity contribution in [2.45, 2.75) is 33.7 Å². The predicted molar refractivity (Wildman–Crippen MR) is 119 cm³/mol. The number of rotatable bonds is 5. The smallest absolute Gasteiger partial charge is 0.257 e. The van der Waals surface area contributed by atoms with Gasteiger partial charge in [-0.15, -0.1) is 0 Å². The summed E-state index contributed by atoms with van der Waals surface area (Å²) in [6.07, 6.45) is 1.71. The van der Waals surface area contributed by atoms with Crippen LogP contribution in [0.3, 0.4) is 0 Å². The van der Waals surface area contributed by atoms with Gasteiger partial charge in [-0.2, -0.15) is 5.26 Å².